The smallest absolute Gasteiger partial charge is 0.289 e. The number of furan rings is 1. The Kier molecular flexibility index (Phi) is 10.4. The Hall–Kier alpha value is -3.50. The summed E-state index contributed by atoms with van der Waals surface area (Å²) in [6.07, 6.45) is 7.37. The first-order valence-corrected chi connectivity index (χ1v) is 15.5. The van der Waals surface area contributed by atoms with Gasteiger partial charge in [0.05, 0.1) is 30.4 Å². The van der Waals surface area contributed by atoms with Crippen LogP contribution < -0.4 is 20.1 Å². The van der Waals surface area contributed by atoms with Crippen LogP contribution in [0.25, 0.3) is 0 Å². The summed E-state index contributed by atoms with van der Waals surface area (Å²) in [7, 11) is 0. The van der Waals surface area contributed by atoms with Gasteiger partial charge in [-0.2, -0.15) is 5.10 Å². The fraction of sp³-hybridized carbons (Fsp3) is 0.516. The SMILES string of the molecule is CCOc1ccccc1N1CCN(CCCCCCn2ncc(N3CCN(C(=O)c4ccco4)CC3)c(Cl)c2=O)CC1. The van der Waals surface area contributed by atoms with Crippen LogP contribution in [0.4, 0.5) is 11.4 Å². The van der Waals surface area contributed by atoms with Crippen LogP contribution in [-0.2, 0) is 6.54 Å². The summed E-state index contributed by atoms with van der Waals surface area (Å²) in [5.74, 6) is 1.18. The molecule has 2 saturated heterocycles. The molecule has 0 aliphatic carbocycles. The summed E-state index contributed by atoms with van der Waals surface area (Å²) in [6, 6.07) is 11.7. The van der Waals surface area contributed by atoms with E-state index in [1.165, 1.54) is 16.6 Å². The standard InChI is InChI=1S/C31H41ClN6O4/c1-2-41-27-11-6-5-10-25(27)35-17-15-34(16-18-35)13-7-3-4-8-14-38-31(40)29(32)26(24-33-38)36-19-21-37(22-20-36)30(39)28-12-9-23-42-28/h5-6,9-12,23-24H,2-4,7-8,13-22H2,1H3. The van der Waals surface area contributed by atoms with Crippen molar-refractivity contribution < 1.29 is 13.9 Å². The fourth-order valence-corrected chi connectivity index (χ4v) is 5.97. The molecule has 0 radical (unpaired) electrons. The first-order chi connectivity index (χ1) is 20.5. The molecule has 1 amide bonds. The fourth-order valence-electron chi connectivity index (χ4n) is 5.70. The van der Waals surface area contributed by atoms with E-state index in [9.17, 15) is 9.59 Å². The van der Waals surface area contributed by atoms with Crippen molar-refractivity contribution in [1.29, 1.82) is 0 Å². The lowest BCUT2D eigenvalue weighted by Crippen LogP contribution is -2.49. The highest BCUT2D eigenvalue weighted by molar-refractivity contribution is 6.33. The monoisotopic (exact) mass is 596 g/mol. The molecule has 10 nitrogen and oxygen atoms in total. The number of hydrogen-bond donors (Lipinski definition) is 0. The quantitative estimate of drug-likeness (QED) is 0.287. The van der Waals surface area contributed by atoms with Gasteiger partial charge in [-0.25, -0.2) is 4.68 Å². The summed E-state index contributed by atoms with van der Waals surface area (Å²) in [5.41, 5.74) is 1.56. The largest absolute Gasteiger partial charge is 0.492 e. The highest BCUT2D eigenvalue weighted by atomic mass is 35.5. The van der Waals surface area contributed by atoms with Crippen LogP contribution >= 0.6 is 11.6 Å². The third kappa shape index (κ3) is 7.28. The van der Waals surface area contributed by atoms with E-state index in [1.54, 1.807) is 23.2 Å². The number of nitrogens with zero attached hydrogens (tertiary/aromatic N) is 6. The molecule has 0 spiro atoms. The minimum Gasteiger partial charge on any atom is -0.492 e. The summed E-state index contributed by atoms with van der Waals surface area (Å²) in [6.45, 7) is 10.7. The Labute approximate surface area is 252 Å². The average Bonchev–Trinajstić information content (AvgIpc) is 3.57. The summed E-state index contributed by atoms with van der Waals surface area (Å²) in [4.78, 5) is 34.2. The van der Waals surface area contributed by atoms with Gasteiger partial charge >= 0.3 is 0 Å². The Morgan fingerprint density at radius 1 is 0.881 bits per heavy atom. The van der Waals surface area contributed by atoms with E-state index in [2.05, 4.69) is 27.0 Å². The van der Waals surface area contributed by atoms with Crippen LogP contribution in [0.15, 0.2) is 58.1 Å². The van der Waals surface area contributed by atoms with Gasteiger partial charge in [-0.1, -0.05) is 36.6 Å². The minimum atomic E-state index is -0.257. The maximum Gasteiger partial charge on any atom is 0.289 e. The van der Waals surface area contributed by atoms with Crippen molar-refractivity contribution >= 4 is 28.9 Å². The number of aromatic nitrogens is 2. The predicted octanol–water partition coefficient (Wildman–Crippen LogP) is 4.23. The number of halogens is 1. The Balaban J connectivity index is 0.998. The number of carbonyl (C=O) groups excluding carboxylic acids is 1. The van der Waals surface area contributed by atoms with Crippen molar-refractivity contribution in [2.75, 3.05) is 75.3 Å². The number of rotatable bonds is 12. The molecule has 2 aliphatic rings. The Morgan fingerprint density at radius 2 is 1.57 bits per heavy atom. The van der Waals surface area contributed by atoms with Crippen molar-refractivity contribution in [3.8, 4) is 5.75 Å². The zero-order chi connectivity index (χ0) is 29.3. The maximum atomic E-state index is 12.9. The normalized spacial score (nSPS) is 16.2. The van der Waals surface area contributed by atoms with E-state index in [4.69, 9.17) is 20.8 Å². The zero-order valence-electron chi connectivity index (χ0n) is 24.4. The second-order valence-corrected chi connectivity index (χ2v) is 11.2. The maximum absolute atomic E-state index is 12.9. The van der Waals surface area contributed by atoms with Crippen molar-refractivity contribution in [3.05, 3.63) is 70.0 Å². The number of hydrogen-bond acceptors (Lipinski definition) is 8. The van der Waals surface area contributed by atoms with Gasteiger partial charge in [0.25, 0.3) is 11.5 Å². The number of benzene rings is 1. The predicted molar refractivity (Wildman–Crippen MR) is 165 cm³/mol. The third-order valence-corrected chi connectivity index (χ3v) is 8.43. The number of unbranched alkanes of at least 4 members (excludes halogenated alkanes) is 3. The average molecular weight is 597 g/mol. The molecule has 42 heavy (non-hydrogen) atoms. The van der Waals surface area contributed by atoms with E-state index in [-0.39, 0.29) is 16.5 Å². The molecule has 0 bridgehead atoms. The molecule has 3 aromatic rings. The Bertz CT molecular complexity index is 1350. The summed E-state index contributed by atoms with van der Waals surface area (Å²) >= 11 is 6.51. The van der Waals surface area contributed by atoms with Gasteiger partial charge in [0.2, 0.25) is 0 Å². The van der Waals surface area contributed by atoms with Gasteiger partial charge in [0.15, 0.2) is 5.76 Å². The lowest BCUT2D eigenvalue weighted by molar-refractivity contribution is 0.0714. The molecule has 2 fully saturated rings. The van der Waals surface area contributed by atoms with Gasteiger partial charge < -0.3 is 23.9 Å². The summed E-state index contributed by atoms with van der Waals surface area (Å²) < 4.78 is 12.5. The number of aryl methyl sites for hydroxylation is 1. The molecule has 11 heteroatoms. The first-order valence-electron chi connectivity index (χ1n) is 15.1. The molecule has 1 aromatic carbocycles. The molecule has 0 unspecified atom stereocenters. The third-order valence-electron chi connectivity index (χ3n) is 8.08. The molecule has 226 valence electrons. The lowest BCUT2D eigenvalue weighted by Gasteiger charge is -2.36. The molecule has 2 aromatic heterocycles. The van der Waals surface area contributed by atoms with Crippen molar-refractivity contribution in [2.45, 2.75) is 39.2 Å². The van der Waals surface area contributed by atoms with E-state index in [1.807, 2.05) is 24.0 Å². The number of ether oxygens (including phenoxy) is 1. The van der Waals surface area contributed by atoms with Crippen LogP contribution in [0.3, 0.4) is 0 Å². The van der Waals surface area contributed by atoms with Gasteiger partial charge in [-0.05, 0) is 50.6 Å². The highest BCUT2D eigenvalue weighted by Crippen LogP contribution is 2.29. The number of para-hydroxylation sites is 2. The van der Waals surface area contributed by atoms with E-state index < -0.39 is 0 Å². The molecule has 0 atom stereocenters. The first kappa shape index (κ1) is 30.0. The van der Waals surface area contributed by atoms with Crippen LogP contribution in [0.2, 0.25) is 5.02 Å². The van der Waals surface area contributed by atoms with Gasteiger partial charge in [-0.3, -0.25) is 14.5 Å². The lowest BCUT2D eigenvalue weighted by atomic mass is 10.1. The van der Waals surface area contributed by atoms with E-state index >= 15 is 0 Å². The molecule has 0 saturated carbocycles. The molecule has 4 heterocycles. The van der Waals surface area contributed by atoms with Crippen molar-refractivity contribution in [2.24, 2.45) is 0 Å². The van der Waals surface area contributed by atoms with Gasteiger partial charge in [-0.15, -0.1) is 0 Å². The minimum absolute atomic E-state index is 0.124. The van der Waals surface area contributed by atoms with Crippen molar-refractivity contribution in [1.82, 2.24) is 19.6 Å². The molecular formula is C31H41ClN6O4. The molecule has 5 rings (SSSR count). The second kappa shape index (κ2) is 14.6. The number of amides is 1. The topological polar surface area (TPSA) is 87.3 Å². The Morgan fingerprint density at radius 3 is 2.29 bits per heavy atom. The van der Waals surface area contributed by atoms with Crippen molar-refractivity contribution in [3.63, 3.8) is 0 Å². The zero-order valence-corrected chi connectivity index (χ0v) is 25.2. The van der Waals surface area contributed by atoms with E-state index in [0.717, 1.165) is 64.2 Å². The summed E-state index contributed by atoms with van der Waals surface area (Å²) in [5, 5.41) is 4.60. The second-order valence-electron chi connectivity index (χ2n) is 10.8. The van der Waals surface area contributed by atoms with Crippen LogP contribution in [0, 0.1) is 0 Å². The van der Waals surface area contributed by atoms with Crippen LogP contribution in [0.5, 0.6) is 5.75 Å². The van der Waals surface area contributed by atoms with E-state index in [0.29, 0.717) is 50.8 Å². The van der Waals surface area contributed by atoms with Gasteiger partial charge in [0, 0.05) is 58.9 Å². The van der Waals surface area contributed by atoms with Crippen LogP contribution in [0.1, 0.15) is 43.2 Å². The van der Waals surface area contributed by atoms with Gasteiger partial charge in [0.1, 0.15) is 10.8 Å². The van der Waals surface area contributed by atoms with Crippen LogP contribution in [-0.4, -0.2) is 91.0 Å². The molecule has 0 N–H and O–H groups in total. The number of anilines is 2. The molecule has 2 aliphatic heterocycles. The number of carbonyl (C=O) groups is 1. The molecular weight excluding hydrogens is 556 g/mol. The highest BCUT2D eigenvalue weighted by Gasteiger charge is 2.26. The number of piperazine rings is 2.